The number of nitrogens with zero attached hydrogens (tertiary/aromatic N) is 2. The van der Waals surface area contributed by atoms with E-state index in [1.165, 1.54) is 12.8 Å². The quantitative estimate of drug-likeness (QED) is 0.802. The minimum atomic E-state index is -0.116. The topological polar surface area (TPSA) is 72.9 Å². The van der Waals surface area contributed by atoms with Crippen LogP contribution in [0, 0.1) is 5.92 Å². The van der Waals surface area contributed by atoms with Crippen molar-refractivity contribution >= 4 is 29.9 Å². The molecule has 0 radical (unpaired) electrons. The molecule has 2 aromatic rings. The number of aromatic nitrogens is 2. The number of carbonyl (C=O) groups excluding carboxylic acids is 1. The Hall–Kier alpha value is -1.56. The van der Waals surface area contributed by atoms with Gasteiger partial charge in [-0.05, 0) is 48.9 Å². The van der Waals surface area contributed by atoms with Crippen molar-refractivity contribution < 1.29 is 4.79 Å². The van der Waals surface area contributed by atoms with Crippen molar-refractivity contribution in [2.75, 3.05) is 6.54 Å². The van der Waals surface area contributed by atoms with Crippen molar-refractivity contribution in [3.8, 4) is 5.69 Å². The maximum absolute atomic E-state index is 12.6. The second-order valence-electron chi connectivity index (χ2n) is 6.70. The minimum absolute atomic E-state index is 0. The molecule has 1 atom stereocenters. The molecule has 1 aliphatic rings. The molecule has 1 aromatic carbocycles. The van der Waals surface area contributed by atoms with E-state index < -0.39 is 0 Å². The first-order valence-electron chi connectivity index (χ1n) is 8.35. The first kappa shape index (κ1) is 19.8. The molecule has 1 aromatic heterocycles. The molecule has 0 saturated heterocycles. The molecule has 1 saturated carbocycles. The van der Waals surface area contributed by atoms with Crippen LogP contribution >= 0.6 is 24.0 Å². The largest absolute Gasteiger partial charge is 0.350 e. The van der Waals surface area contributed by atoms with Gasteiger partial charge in [0, 0.05) is 17.6 Å². The first-order valence-corrected chi connectivity index (χ1v) is 8.72. The number of halogens is 2. The van der Waals surface area contributed by atoms with E-state index in [4.69, 9.17) is 17.3 Å². The smallest absolute Gasteiger partial charge is 0.254 e. The number of benzene rings is 1. The Balaban J connectivity index is 0.00000225. The van der Waals surface area contributed by atoms with Crippen LogP contribution in [0.5, 0.6) is 0 Å². The minimum Gasteiger partial charge on any atom is -0.350 e. The third kappa shape index (κ3) is 4.54. The molecule has 25 heavy (non-hydrogen) atoms. The van der Waals surface area contributed by atoms with Gasteiger partial charge in [-0.3, -0.25) is 4.79 Å². The Bertz CT molecular complexity index is 723. The van der Waals surface area contributed by atoms with Gasteiger partial charge in [-0.2, -0.15) is 5.10 Å². The molecule has 136 valence electrons. The molecule has 0 spiro atoms. The van der Waals surface area contributed by atoms with E-state index in [2.05, 4.69) is 24.3 Å². The van der Waals surface area contributed by atoms with E-state index in [1.54, 1.807) is 10.9 Å². The predicted octanol–water partition coefficient (Wildman–Crippen LogP) is 3.54. The summed E-state index contributed by atoms with van der Waals surface area (Å²) in [5.74, 6) is 0.600. The van der Waals surface area contributed by atoms with E-state index in [0.717, 1.165) is 11.4 Å². The van der Waals surface area contributed by atoms with Gasteiger partial charge in [-0.25, -0.2) is 4.68 Å². The van der Waals surface area contributed by atoms with Crippen LogP contribution in [0.2, 0.25) is 5.02 Å². The number of amides is 1. The van der Waals surface area contributed by atoms with E-state index >= 15 is 0 Å². The average molecular weight is 383 g/mol. The molecule has 7 heteroatoms. The van der Waals surface area contributed by atoms with Gasteiger partial charge in [-0.1, -0.05) is 25.4 Å². The molecule has 3 rings (SSSR count). The number of hydrogen-bond donors (Lipinski definition) is 2. The number of rotatable bonds is 6. The van der Waals surface area contributed by atoms with Crippen LogP contribution in [0.4, 0.5) is 0 Å². The highest BCUT2D eigenvalue weighted by Crippen LogP contribution is 2.31. The van der Waals surface area contributed by atoms with Crippen LogP contribution in [-0.4, -0.2) is 28.3 Å². The lowest BCUT2D eigenvalue weighted by atomic mass is 10.0. The second kappa shape index (κ2) is 8.21. The van der Waals surface area contributed by atoms with Gasteiger partial charge < -0.3 is 11.1 Å². The highest BCUT2D eigenvalue weighted by Gasteiger charge is 2.29. The SMILES string of the molecule is CC(C)c1c(C(=O)NCC(N)C2CC2)cnn1-c1ccc(Cl)cc1.Cl. The molecule has 3 N–H and O–H groups in total. The lowest BCUT2D eigenvalue weighted by Crippen LogP contribution is -2.38. The third-order valence-electron chi connectivity index (χ3n) is 4.39. The van der Waals surface area contributed by atoms with Gasteiger partial charge in [0.1, 0.15) is 0 Å². The normalized spacial score (nSPS) is 14.9. The van der Waals surface area contributed by atoms with Crippen LogP contribution in [0.25, 0.3) is 5.69 Å². The third-order valence-corrected chi connectivity index (χ3v) is 4.65. The number of nitrogens with one attached hydrogen (secondary N) is 1. The molecule has 1 unspecified atom stereocenters. The summed E-state index contributed by atoms with van der Waals surface area (Å²) in [6, 6.07) is 7.47. The summed E-state index contributed by atoms with van der Waals surface area (Å²) < 4.78 is 1.80. The zero-order valence-electron chi connectivity index (χ0n) is 14.4. The second-order valence-corrected chi connectivity index (χ2v) is 7.13. The number of hydrogen-bond acceptors (Lipinski definition) is 3. The summed E-state index contributed by atoms with van der Waals surface area (Å²) in [6.07, 6.45) is 3.97. The zero-order valence-corrected chi connectivity index (χ0v) is 16.0. The van der Waals surface area contributed by atoms with Gasteiger partial charge >= 0.3 is 0 Å². The van der Waals surface area contributed by atoms with Gasteiger partial charge in [0.2, 0.25) is 0 Å². The lowest BCUT2D eigenvalue weighted by molar-refractivity contribution is 0.0949. The standard InChI is InChI=1S/C18H23ClN4O.ClH/c1-11(2)17-15(18(24)21-10-16(20)12-3-4-12)9-22-23(17)14-7-5-13(19)6-8-14;/h5-9,11-12,16H,3-4,10,20H2,1-2H3,(H,21,24);1H. The van der Waals surface area contributed by atoms with Crippen molar-refractivity contribution in [3.05, 3.63) is 46.7 Å². The maximum Gasteiger partial charge on any atom is 0.254 e. The Morgan fingerprint density at radius 2 is 2.00 bits per heavy atom. The van der Waals surface area contributed by atoms with E-state index in [0.29, 0.717) is 23.0 Å². The predicted molar refractivity (Wildman–Crippen MR) is 103 cm³/mol. The molecule has 5 nitrogen and oxygen atoms in total. The molecular formula is C18H24Cl2N4O. The van der Waals surface area contributed by atoms with E-state index in [9.17, 15) is 4.79 Å². The Morgan fingerprint density at radius 3 is 2.56 bits per heavy atom. The Morgan fingerprint density at radius 1 is 1.36 bits per heavy atom. The van der Waals surface area contributed by atoms with Gasteiger partial charge in [0.15, 0.2) is 0 Å². The monoisotopic (exact) mass is 382 g/mol. The lowest BCUT2D eigenvalue weighted by Gasteiger charge is -2.14. The van der Waals surface area contributed by atoms with Gasteiger partial charge in [0.25, 0.3) is 5.91 Å². The van der Waals surface area contributed by atoms with Crippen molar-refractivity contribution in [2.24, 2.45) is 11.7 Å². The van der Waals surface area contributed by atoms with Crippen LogP contribution in [0.1, 0.15) is 48.7 Å². The molecule has 1 aliphatic carbocycles. The van der Waals surface area contributed by atoms with Crippen LogP contribution in [-0.2, 0) is 0 Å². The zero-order chi connectivity index (χ0) is 17.3. The summed E-state index contributed by atoms with van der Waals surface area (Å²) in [5.41, 5.74) is 8.44. The Labute approximate surface area is 159 Å². The molecule has 0 aliphatic heterocycles. The van der Waals surface area contributed by atoms with Crippen LogP contribution in [0.15, 0.2) is 30.5 Å². The van der Waals surface area contributed by atoms with E-state index in [1.807, 2.05) is 24.3 Å². The van der Waals surface area contributed by atoms with Crippen LogP contribution < -0.4 is 11.1 Å². The van der Waals surface area contributed by atoms with Crippen molar-refractivity contribution in [3.63, 3.8) is 0 Å². The summed E-state index contributed by atoms with van der Waals surface area (Å²) in [4.78, 5) is 12.6. The fourth-order valence-corrected chi connectivity index (χ4v) is 3.00. The summed E-state index contributed by atoms with van der Waals surface area (Å²) in [7, 11) is 0. The van der Waals surface area contributed by atoms with E-state index in [-0.39, 0.29) is 30.3 Å². The average Bonchev–Trinajstić information content (AvgIpc) is 3.31. The number of carbonyl (C=O) groups is 1. The summed E-state index contributed by atoms with van der Waals surface area (Å²) in [5, 5.41) is 8.04. The first-order chi connectivity index (χ1) is 11.5. The summed E-state index contributed by atoms with van der Waals surface area (Å²) >= 11 is 5.95. The molecule has 0 bridgehead atoms. The highest BCUT2D eigenvalue weighted by atomic mass is 35.5. The van der Waals surface area contributed by atoms with Gasteiger partial charge in [0.05, 0.1) is 23.1 Å². The van der Waals surface area contributed by atoms with Crippen molar-refractivity contribution in [1.82, 2.24) is 15.1 Å². The summed E-state index contributed by atoms with van der Waals surface area (Å²) in [6.45, 7) is 4.61. The fourth-order valence-electron chi connectivity index (χ4n) is 2.87. The highest BCUT2D eigenvalue weighted by molar-refractivity contribution is 6.30. The molecular weight excluding hydrogens is 359 g/mol. The number of nitrogens with two attached hydrogens (primary N) is 1. The van der Waals surface area contributed by atoms with Crippen molar-refractivity contribution in [2.45, 2.75) is 38.6 Å². The van der Waals surface area contributed by atoms with Crippen LogP contribution in [0.3, 0.4) is 0 Å². The maximum atomic E-state index is 12.6. The molecule has 1 heterocycles. The molecule has 1 amide bonds. The molecule has 1 fully saturated rings. The Kier molecular flexibility index (Phi) is 6.49. The van der Waals surface area contributed by atoms with Gasteiger partial charge in [-0.15, -0.1) is 12.4 Å². The van der Waals surface area contributed by atoms with Crippen molar-refractivity contribution in [1.29, 1.82) is 0 Å². The fraction of sp³-hybridized carbons (Fsp3) is 0.444.